The fraction of sp³-hybridized carbons (Fsp3) is 0.625. The van der Waals surface area contributed by atoms with Crippen molar-refractivity contribution >= 4 is 51.2 Å². The molecule has 1 fully saturated rings. The summed E-state index contributed by atoms with van der Waals surface area (Å²) < 4.78 is 5.65. The van der Waals surface area contributed by atoms with Gasteiger partial charge in [-0.15, -0.1) is 0 Å². The second-order valence-electron chi connectivity index (χ2n) is 9.24. The molecular formula is C24H36N4O6S2. The minimum absolute atomic E-state index is 0.0445. The van der Waals surface area contributed by atoms with Crippen LogP contribution in [0.1, 0.15) is 47.5 Å². The van der Waals surface area contributed by atoms with Gasteiger partial charge < -0.3 is 26.0 Å². The lowest BCUT2D eigenvalue weighted by molar-refractivity contribution is -0.153. The normalized spacial score (nSPS) is 29.6. The van der Waals surface area contributed by atoms with Crippen molar-refractivity contribution in [2.24, 2.45) is 11.8 Å². The Morgan fingerprint density at radius 2 is 1.64 bits per heavy atom. The number of esters is 1. The Labute approximate surface area is 220 Å². The molecule has 200 valence electrons. The van der Waals surface area contributed by atoms with Gasteiger partial charge in [-0.2, -0.15) is 0 Å². The first-order valence-electron chi connectivity index (χ1n) is 12.0. The second-order valence-corrected chi connectivity index (χ2v) is 11.9. The predicted molar refractivity (Wildman–Crippen MR) is 141 cm³/mol. The highest BCUT2D eigenvalue weighted by atomic mass is 33.1. The third-order valence-corrected chi connectivity index (χ3v) is 8.03. The third-order valence-electron chi connectivity index (χ3n) is 5.59. The summed E-state index contributed by atoms with van der Waals surface area (Å²) in [6, 6.07) is -2.86. The molecule has 4 amide bonds. The highest BCUT2D eigenvalue weighted by molar-refractivity contribution is 8.76. The molecule has 2 unspecified atom stereocenters. The SMILES string of the molecule is C/C=C1/NC(=O)C2CSSCC/C=C/[C@H](CC(=O)NC(C(C)C)C(=O)N2)OC(=O)[C@H](C(C)C)NC1=O. The standard InChI is InChI=1S/C24H36N4O6S2/c1-6-16-21(30)28-20(14(4)5)24(33)34-15-9-7-8-10-35-36-12-17(22(31)25-16)26-23(32)19(13(2)3)27-18(29)11-15/h6-7,9,13-15,17,19-20H,8,10-12H2,1-5H3,(H,25,31)(H,26,32)(H,27,29)(H,28,30)/b9-7+,16-6+/t15-,17?,19?,20+/m1/s1. The topological polar surface area (TPSA) is 143 Å². The van der Waals surface area contributed by atoms with Crippen LogP contribution in [0.25, 0.3) is 0 Å². The van der Waals surface area contributed by atoms with Gasteiger partial charge in [-0.1, -0.05) is 61.4 Å². The monoisotopic (exact) mass is 540 g/mol. The number of fused-ring (bicyclic) bond motifs is 7. The quantitative estimate of drug-likeness (QED) is 0.178. The van der Waals surface area contributed by atoms with E-state index in [0.717, 1.165) is 0 Å². The summed E-state index contributed by atoms with van der Waals surface area (Å²) in [5.74, 6) is -2.54. The van der Waals surface area contributed by atoms with Crippen LogP contribution < -0.4 is 21.3 Å². The zero-order chi connectivity index (χ0) is 26.8. The van der Waals surface area contributed by atoms with Gasteiger partial charge in [0.2, 0.25) is 17.7 Å². The average molecular weight is 541 g/mol. The van der Waals surface area contributed by atoms with Gasteiger partial charge in [0.1, 0.15) is 29.9 Å². The van der Waals surface area contributed by atoms with Crippen molar-refractivity contribution < 1.29 is 28.7 Å². The van der Waals surface area contributed by atoms with Crippen molar-refractivity contribution in [2.45, 2.75) is 71.7 Å². The molecule has 0 aromatic heterocycles. The number of hydrogen-bond donors (Lipinski definition) is 4. The smallest absolute Gasteiger partial charge is 0.329 e. The molecule has 1 saturated heterocycles. The van der Waals surface area contributed by atoms with E-state index in [9.17, 15) is 24.0 Å². The minimum atomic E-state index is -1.00. The number of ether oxygens (including phenoxy) is 1. The highest BCUT2D eigenvalue weighted by Crippen LogP contribution is 2.24. The molecule has 2 heterocycles. The van der Waals surface area contributed by atoms with Gasteiger partial charge in [0.25, 0.3) is 5.91 Å². The van der Waals surface area contributed by atoms with Crippen molar-refractivity contribution in [1.29, 1.82) is 0 Å². The van der Waals surface area contributed by atoms with E-state index in [1.165, 1.54) is 27.7 Å². The molecule has 0 spiro atoms. The van der Waals surface area contributed by atoms with Crippen molar-refractivity contribution in [3.05, 3.63) is 23.9 Å². The first-order chi connectivity index (χ1) is 17.0. The zero-order valence-corrected chi connectivity index (χ0v) is 22.9. The van der Waals surface area contributed by atoms with Crippen LogP contribution >= 0.6 is 21.6 Å². The third kappa shape index (κ3) is 8.88. The lowest BCUT2D eigenvalue weighted by Gasteiger charge is -2.27. The van der Waals surface area contributed by atoms with E-state index in [2.05, 4.69) is 21.3 Å². The summed E-state index contributed by atoms with van der Waals surface area (Å²) in [4.78, 5) is 65.2. The number of nitrogens with one attached hydrogen (secondary N) is 4. The molecule has 36 heavy (non-hydrogen) atoms. The summed E-state index contributed by atoms with van der Waals surface area (Å²) in [6.45, 7) is 8.66. The summed E-state index contributed by atoms with van der Waals surface area (Å²) in [5, 5.41) is 10.7. The molecule has 4 N–H and O–H groups in total. The molecule has 2 aliphatic rings. The summed E-state index contributed by atoms with van der Waals surface area (Å²) in [6.07, 6.45) is 4.51. The number of allylic oxidation sites excluding steroid dienone is 2. The number of hydrogen-bond acceptors (Lipinski definition) is 8. The van der Waals surface area contributed by atoms with E-state index in [-0.39, 0.29) is 29.7 Å². The molecule has 2 rings (SSSR count). The molecule has 0 radical (unpaired) electrons. The van der Waals surface area contributed by atoms with Gasteiger partial charge in [-0.3, -0.25) is 19.2 Å². The van der Waals surface area contributed by atoms with Crippen LogP contribution in [-0.4, -0.2) is 65.3 Å². The second kappa shape index (κ2) is 14.3. The van der Waals surface area contributed by atoms with Crippen LogP contribution in [0.5, 0.6) is 0 Å². The Kier molecular flexibility index (Phi) is 11.8. The largest absolute Gasteiger partial charge is 0.456 e. The summed E-state index contributed by atoms with van der Waals surface area (Å²) in [7, 11) is 2.95. The van der Waals surface area contributed by atoms with E-state index in [1.54, 1.807) is 40.7 Å². The van der Waals surface area contributed by atoms with Crippen LogP contribution in [0.15, 0.2) is 23.9 Å². The van der Waals surface area contributed by atoms with Crippen molar-refractivity contribution in [3.8, 4) is 0 Å². The average Bonchev–Trinajstić information content (AvgIpc) is 2.81. The minimum Gasteiger partial charge on any atom is -0.456 e. The Hall–Kier alpha value is -2.47. The molecule has 2 aliphatic heterocycles. The van der Waals surface area contributed by atoms with Crippen LogP contribution in [0.2, 0.25) is 0 Å². The van der Waals surface area contributed by atoms with Gasteiger partial charge >= 0.3 is 5.97 Å². The number of amides is 4. The Morgan fingerprint density at radius 3 is 2.28 bits per heavy atom. The van der Waals surface area contributed by atoms with Crippen LogP contribution in [0, 0.1) is 11.8 Å². The van der Waals surface area contributed by atoms with E-state index in [0.29, 0.717) is 12.2 Å². The van der Waals surface area contributed by atoms with Crippen molar-refractivity contribution in [2.75, 3.05) is 11.5 Å². The molecule has 0 aliphatic carbocycles. The maximum Gasteiger partial charge on any atom is 0.329 e. The van der Waals surface area contributed by atoms with Gasteiger partial charge in [-0.05, 0) is 31.3 Å². The molecule has 4 atom stereocenters. The molecule has 2 bridgehead atoms. The number of carbonyl (C=O) groups excluding carboxylic acids is 5. The van der Waals surface area contributed by atoms with Gasteiger partial charge in [0.15, 0.2) is 0 Å². The molecule has 10 nitrogen and oxygen atoms in total. The van der Waals surface area contributed by atoms with Gasteiger partial charge in [0, 0.05) is 11.5 Å². The zero-order valence-electron chi connectivity index (χ0n) is 21.3. The highest BCUT2D eigenvalue weighted by Gasteiger charge is 2.33. The summed E-state index contributed by atoms with van der Waals surface area (Å²) >= 11 is 0. The summed E-state index contributed by atoms with van der Waals surface area (Å²) in [5.41, 5.74) is -0.0445. The molecule has 12 heteroatoms. The van der Waals surface area contributed by atoms with Crippen LogP contribution in [0.3, 0.4) is 0 Å². The number of carbonyl (C=O) groups is 5. The first-order valence-corrected chi connectivity index (χ1v) is 14.5. The van der Waals surface area contributed by atoms with E-state index in [4.69, 9.17) is 4.74 Å². The lowest BCUT2D eigenvalue weighted by atomic mass is 10.0. The molecule has 0 aromatic carbocycles. The van der Waals surface area contributed by atoms with Crippen molar-refractivity contribution in [3.63, 3.8) is 0 Å². The van der Waals surface area contributed by atoms with E-state index < -0.39 is 53.8 Å². The number of rotatable bonds is 2. The van der Waals surface area contributed by atoms with Crippen LogP contribution in [0.4, 0.5) is 0 Å². The molecule has 0 saturated carbocycles. The maximum atomic E-state index is 13.2. The molecular weight excluding hydrogens is 504 g/mol. The van der Waals surface area contributed by atoms with Gasteiger partial charge in [-0.25, -0.2) is 4.79 Å². The van der Waals surface area contributed by atoms with Crippen LogP contribution in [-0.2, 0) is 28.7 Å². The van der Waals surface area contributed by atoms with Crippen molar-refractivity contribution in [1.82, 2.24) is 21.3 Å². The Morgan fingerprint density at radius 1 is 0.944 bits per heavy atom. The Balaban J connectivity index is 2.55. The fourth-order valence-corrected chi connectivity index (χ4v) is 5.66. The fourth-order valence-electron chi connectivity index (χ4n) is 3.50. The van der Waals surface area contributed by atoms with E-state index >= 15 is 0 Å². The molecule has 0 aromatic rings. The van der Waals surface area contributed by atoms with Gasteiger partial charge in [0.05, 0.1) is 6.42 Å². The van der Waals surface area contributed by atoms with E-state index in [1.807, 2.05) is 6.08 Å². The maximum absolute atomic E-state index is 13.2. The lowest BCUT2D eigenvalue weighted by Crippen LogP contribution is -2.57. The Bertz CT molecular complexity index is 905. The first kappa shape index (κ1) is 29.8. The predicted octanol–water partition coefficient (Wildman–Crippen LogP) is 1.43.